The lowest BCUT2D eigenvalue weighted by molar-refractivity contribution is -0.153. The molecule has 1 atom stereocenters. The van der Waals surface area contributed by atoms with Crippen LogP contribution < -0.4 is 9.47 Å². The molecule has 2 aromatic carbocycles. The number of ketones is 1. The zero-order chi connectivity index (χ0) is 16.9. The summed E-state index contributed by atoms with van der Waals surface area (Å²) in [5, 5.41) is 0. The van der Waals surface area contributed by atoms with Gasteiger partial charge in [-0.1, -0.05) is 43.3 Å². The molecule has 24 heavy (non-hydrogen) atoms. The molecular weight excluding hydrogens is 308 g/mol. The molecule has 0 aromatic heterocycles. The van der Waals surface area contributed by atoms with Crippen LogP contribution in [0.3, 0.4) is 0 Å². The molecule has 5 heteroatoms. The van der Waals surface area contributed by atoms with Gasteiger partial charge in [-0.05, 0) is 24.1 Å². The predicted molar refractivity (Wildman–Crippen MR) is 87.5 cm³/mol. The van der Waals surface area contributed by atoms with Crippen LogP contribution in [-0.4, -0.2) is 31.1 Å². The highest BCUT2D eigenvalue weighted by molar-refractivity contribution is 5.98. The first-order valence-electron chi connectivity index (χ1n) is 7.84. The number of para-hydroxylation sites is 2. The van der Waals surface area contributed by atoms with E-state index in [1.165, 1.54) is 0 Å². The molecule has 0 spiro atoms. The highest BCUT2D eigenvalue weighted by atomic mass is 16.6. The molecule has 0 N–H and O–H groups in total. The van der Waals surface area contributed by atoms with E-state index in [0.29, 0.717) is 17.1 Å². The number of rotatable bonds is 5. The van der Waals surface area contributed by atoms with E-state index in [2.05, 4.69) is 0 Å². The van der Waals surface area contributed by atoms with E-state index in [9.17, 15) is 9.59 Å². The summed E-state index contributed by atoms with van der Waals surface area (Å²) in [5.74, 6) is 0.229. The SMILES string of the molecule is CCc1ccc(C(=O)COC(=O)C2COc3ccccc3O2)cc1. The number of fused-ring (bicyclic) bond motifs is 1. The zero-order valence-electron chi connectivity index (χ0n) is 13.4. The number of Topliss-reactive ketones (excluding diaryl/α,β-unsaturated/α-hetero) is 1. The quantitative estimate of drug-likeness (QED) is 0.624. The molecule has 1 unspecified atom stereocenters. The maximum atomic E-state index is 12.1. The molecule has 2 aromatic rings. The molecule has 1 aliphatic heterocycles. The zero-order valence-corrected chi connectivity index (χ0v) is 13.4. The van der Waals surface area contributed by atoms with Crippen LogP contribution in [0, 0.1) is 0 Å². The number of carbonyl (C=O) groups is 2. The van der Waals surface area contributed by atoms with Crippen molar-refractivity contribution < 1.29 is 23.8 Å². The second kappa shape index (κ2) is 7.17. The maximum absolute atomic E-state index is 12.1. The largest absolute Gasteiger partial charge is 0.485 e. The van der Waals surface area contributed by atoms with Gasteiger partial charge in [0.2, 0.25) is 6.10 Å². The fraction of sp³-hybridized carbons (Fsp3) is 0.263. The highest BCUT2D eigenvalue weighted by Gasteiger charge is 2.29. The molecule has 124 valence electrons. The van der Waals surface area contributed by atoms with E-state index in [1.54, 1.807) is 30.3 Å². The Morgan fingerprint density at radius 3 is 2.50 bits per heavy atom. The fourth-order valence-electron chi connectivity index (χ4n) is 2.37. The van der Waals surface area contributed by atoms with Crippen LogP contribution in [-0.2, 0) is 16.0 Å². The van der Waals surface area contributed by atoms with Crippen molar-refractivity contribution in [3.63, 3.8) is 0 Å². The first-order chi connectivity index (χ1) is 11.7. The minimum Gasteiger partial charge on any atom is -0.485 e. The van der Waals surface area contributed by atoms with Crippen molar-refractivity contribution in [3.8, 4) is 11.5 Å². The van der Waals surface area contributed by atoms with E-state index in [-0.39, 0.29) is 19.0 Å². The highest BCUT2D eigenvalue weighted by Crippen LogP contribution is 2.31. The summed E-state index contributed by atoms with van der Waals surface area (Å²) < 4.78 is 16.1. The number of ether oxygens (including phenoxy) is 3. The second-order valence-corrected chi connectivity index (χ2v) is 5.45. The lowest BCUT2D eigenvalue weighted by atomic mass is 10.1. The van der Waals surface area contributed by atoms with Gasteiger partial charge in [0.25, 0.3) is 0 Å². The number of hydrogen-bond donors (Lipinski definition) is 0. The van der Waals surface area contributed by atoms with Crippen molar-refractivity contribution in [1.29, 1.82) is 0 Å². The Hall–Kier alpha value is -2.82. The summed E-state index contributed by atoms with van der Waals surface area (Å²) in [5.41, 5.74) is 1.67. The summed E-state index contributed by atoms with van der Waals surface area (Å²) >= 11 is 0. The van der Waals surface area contributed by atoms with Crippen molar-refractivity contribution >= 4 is 11.8 Å². The number of aryl methyl sites for hydroxylation is 1. The molecule has 1 aliphatic rings. The van der Waals surface area contributed by atoms with E-state index >= 15 is 0 Å². The topological polar surface area (TPSA) is 61.8 Å². The van der Waals surface area contributed by atoms with E-state index in [4.69, 9.17) is 14.2 Å². The lowest BCUT2D eigenvalue weighted by Gasteiger charge is -2.24. The van der Waals surface area contributed by atoms with Gasteiger partial charge in [-0.25, -0.2) is 4.79 Å². The first-order valence-corrected chi connectivity index (χ1v) is 7.84. The fourth-order valence-corrected chi connectivity index (χ4v) is 2.37. The molecule has 0 bridgehead atoms. The van der Waals surface area contributed by atoms with Crippen molar-refractivity contribution in [3.05, 3.63) is 59.7 Å². The molecule has 1 heterocycles. The smallest absolute Gasteiger partial charge is 0.351 e. The molecule has 0 radical (unpaired) electrons. The van der Waals surface area contributed by atoms with Gasteiger partial charge in [0.1, 0.15) is 6.61 Å². The summed E-state index contributed by atoms with van der Waals surface area (Å²) in [4.78, 5) is 24.1. The molecular formula is C19H18O5. The van der Waals surface area contributed by atoms with E-state index in [0.717, 1.165) is 12.0 Å². The van der Waals surface area contributed by atoms with E-state index in [1.807, 2.05) is 25.1 Å². The molecule has 3 rings (SSSR count). The van der Waals surface area contributed by atoms with Crippen LogP contribution in [0.25, 0.3) is 0 Å². The van der Waals surface area contributed by atoms with Crippen LogP contribution in [0.15, 0.2) is 48.5 Å². The number of esters is 1. The molecule has 5 nitrogen and oxygen atoms in total. The molecule has 0 fully saturated rings. The van der Waals surface area contributed by atoms with Crippen LogP contribution >= 0.6 is 0 Å². The Morgan fingerprint density at radius 1 is 1.08 bits per heavy atom. The molecule has 0 aliphatic carbocycles. The van der Waals surface area contributed by atoms with Gasteiger partial charge in [0.05, 0.1) is 0 Å². The molecule has 0 saturated carbocycles. The Morgan fingerprint density at radius 2 is 1.79 bits per heavy atom. The van der Waals surface area contributed by atoms with Gasteiger partial charge in [-0.2, -0.15) is 0 Å². The molecule has 0 amide bonds. The van der Waals surface area contributed by atoms with Crippen LogP contribution in [0.5, 0.6) is 11.5 Å². The number of benzene rings is 2. The van der Waals surface area contributed by atoms with E-state index < -0.39 is 12.1 Å². The summed E-state index contributed by atoms with van der Waals surface area (Å²) in [6, 6.07) is 14.4. The number of carbonyl (C=O) groups excluding carboxylic acids is 2. The minimum atomic E-state index is -0.866. The average molecular weight is 326 g/mol. The molecule has 0 saturated heterocycles. The minimum absolute atomic E-state index is 0.0647. The van der Waals surface area contributed by atoms with Crippen LogP contribution in [0.4, 0.5) is 0 Å². The predicted octanol–water partition coefficient (Wildman–Crippen LogP) is 2.81. The summed E-state index contributed by atoms with van der Waals surface area (Å²) in [7, 11) is 0. The van der Waals surface area contributed by atoms with Gasteiger partial charge in [-0.15, -0.1) is 0 Å². The average Bonchev–Trinajstić information content (AvgIpc) is 2.65. The Bertz CT molecular complexity index is 736. The third-order valence-electron chi connectivity index (χ3n) is 3.80. The van der Waals surface area contributed by atoms with Gasteiger partial charge in [-0.3, -0.25) is 4.79 Å². The van der Waals surface area contributed by atoms with Gasteiger partial charge < -0.3 is 14.2 Å². The Kier molecular flexibility index (Phi) is 4.79. The van der Waals surface area contributed by atoms with Crippen LogP contribution in [0.2, 0.25) is 0 Å². The van der Waals surface area contributed by atoms with Crippen molar-refractivity contribution in [2.45, 2.75) is 19.4 Å². The Labute approximate surface area is 140 Å². The first kappa shape index (κ1) is 16.1. The van der Waals surface area contributed by atoms with Gasteiger partial charge in [0, 0.05) is 5.56 Å². The third-order valence-corrected chi connectivity index (χ3v) is 3.80. The lowest BCUT2D eigenvalue weighted by Crippen LogP contribution is -2.38. The standard InChI is InChI=1S/C19H18O5/c1-2-13-7-9-14(10-8-13)15(20)11-23-19(21)18-12-22-16-5-3-4-6-17(16)24-18/h3-10,18H,2,11-12H2,1H3. The number of hydrogen-bond acceptors (Lipinski definition) is 5. The van der Waals surface area contributed by atoms with Gasteiger partial charge >= 0.3 is 5.97 Å². The second-order valence-electron chi connectivity index (χ2n) is 5.45. The van der Waals surface area contributed by atoms with Crippen molar-refractivity contribution in [2.75, 3.05) is 13.2 Å². The Balaban J connectivity index is 1.55. The third kappa shape index (κ3) is 3.56. The summed E-state index contributed by atoms with van der Waals surface area (Å²) in [6.45, 7) is 1.80. The maximum Gasteiger partial charge on any atom is 0.351 e. The van der Waals surface area contributed by atoms with Crippen molar-refractivity contribution in [2.24, 2.45) is 0 Å². The van der Waals surface area contributed by atoms with Gasteiger partial charge in [0.15, 0.2) is 23.9 Å². The summed E-state index contributed by atoms with van der Waals surface area (Å²) in [6.07, 6.45) is 0.0411. The van der Waals surface area contributed by atoms with Crippen molar-refractivity contribution in [1.82, 2.24) is 0 Å². The monoisotopic (exact) mass is 326 g/mol. The normalized spacial score (nSPS) is 15.6. The van der Waals surface area contributed by atoms with Crippen LogP contribution in [0.1, 0.15) is 22.8 Å².